The number of carbonyl (C=O) groups excluding carboxylic acids is 2. The highest BCUT2D eigenvalue weighted by atomic mass is 16.6. The van der Waals surface area contributed by atoms with E-state index in [2.05, 4.69) is 45.0 Å². The summed E-state index contributed by atoms with van der Waals surface area (Å²) in [6, 6.07) is 18.4. The Bertz CT molecular complexity index is 1320. The van der Waals surface area contributed by atoms with Crippen molar-refractivity contribution in [2.24, 2.45) is 0 Å². The van der Waals surface area contributed by atoms with Crippen molar-refractivity contribution in [3.63, 3.8) is 0 Å². The van der Waals surface area contributed by atoms with Crippen LogP contribution < -0.4 is 0 Å². The predicted octanol–water partition coefficient (Wildman–Crippen LogP) is 6.78. The summed E-state index contributed by atoms with van der Waals surface area (Å²) in [7, 11) is 0. The zero-order valence-corrected chi connectivity index (χ0v) is 23.7. The number of nitrogens with zero attached hydrogens (tertiary/aromatic N) is 1. The van der Waals surface area contributed by atoms with Gasteiger partial charge in [0.15, 0.2) is 6.10 Å². The molecule has 0 unspecified atom stereocenters. The van der Waals surface area contributed by atoms with Gasteiger partial charge in [-0.15, -0.1) is 0 Å². The molecule has 1 amide bonds. The largest absolute Gasteiger partial charge is 0.464 e. The molecule has 0 radical (unpaired) electrons. The first-order chi connectivity index (χ1) is 18.0. The second kappa shape index (κ2) is 11.1. The first-order valence-electron chi connectivity index (χ1n) is 13.4. The zero-order valence-electron chi connectivity index (χ0n) is 23.7. The normalized spacial score (nSPS) is 14.3. The van der Waals surface area contributed by atoms with Gasteiger partial charge in [0.25, 0.3) is 0 Å². The number of rotatable bonds is 7. The standard InChI is InChI=1S/C33H39NO4/c1-8-37-32(36)31(38-33(5,6)7)30-23(4)27-20-34(19-24-12-10-9-11-13-24)28(35)18-26(27)22(3)29(30)25-16-14-21(2)15-17-25/h9-17,31H,8,18-20H2,1-7H3/t31-/m0/s1. The molecule has 5 nitrogen and oxygen atoms in total. The van der Waals surface area contributed by atoms with Gasteiger partial charge in [-0.2, -0.15) is 0 Å². The smallest absolute Gasteiger partial charge is 0.339 e. The van der Waals surface area contributed by atoms with Crippen LogP contribution in [0.2, 0.25) is 0 Å². The van der Waals surface area contributed by atoms with Crippen molar-refractivity contribution in [2.45, 2.75) is 79.7 Å². The number of hydrogen-bond donors (Lipinski definition) is 0. The van der Waals surface area contributed by atoms with Crippen molar-refractivity contribution in [2.75, 3.05) is 6.61 Å². The summed E-state index contributed by atoms with van der Waals surface area (Å²) in [4.78, 5) is 28.7. The Kier molecular flexibility index (Phi) is 8.08. The predicted molar refractivity (Wildman–Crippen MR) is 151 cm³/mol. The fraction of sp³-hybridized carbons (Fsp3) is 0.394. The number of aryl methyl sites for hydroxylation is 1. The van der Waals surface area contributed by atoms with Gasteiger partial charge in [0, 0.05) is 18.7 Å². The fourth-order valence-corrected chi connectivity index (χ4v) is 5.32. The van der Waals surface area contributed by atoms with Crippen LogP contribution >= 0.6 is 0 Å². The van der Waals surface area contributed by atoms with Crippen molar-refractivity contribution < 1.29 is 19.1 Å². The summed E-state index contributed by atoms with van der Waals surface area (Å²) in [5.74, 6) is -0.286. The third kappa shape index (κ3) is 5.83. The lowest BCUT2D eigenvalue weighted by Gasteiger charge is -2.35. The highest BCUT2D eigenvalue weighted by Gasteiger charge is 2.36. The van der Waals surface area contributed by atoms with E-state index in [1.807, 2.05) is 62.9 Å². The van der Waals surface area contributed by atoms with Gasteiger partial charge in [0.1, 0.15) is 0 Å². The van der Waals surface area contributed by atoms with Crippen LogP contribution in [-0.2, 0) is 38.6 Å². The van der Waals surface area contributed by atoms with Crippen molar-refractivity contribution in [3.05, 3.63) is 93.5 Å². The van der Waals surface area contributed by atoms with E-state index in [0.717, 1.165) is 50.1 Å². The van der Waals surface area contributed by atoms with E-state index in [-0.39, 0.29) is 12.5 Å². The fourth-order valence-electron chi connectivity index (χ4n) is 5.32. The molecule has 5 heteroatoms. The maximum absolute atomic E-state index is 13.4. The summed E-state index contributed by atoms with van der Waals surface area (Å²) in [5, 5.41) is 0. The quantitative estimate of drug-likeness (QED) is 0.327. The third-order valence-electron chi connectivity index (χ3n) is 7.14. The Balaban J connectivity index is 1.93. The maximum Gasteiger partial charge on any atom is 0.339 e. The minimum atomic E-state index is -0.893. The van der Waals surface area contributed by atoms with Crippen molar-refractivity contribution in [3.8, 4) is 11.1 Å². The highest BCUT2D eigenvalue weighted by molar-refractivity contribution is 5.88. The first-order valence-corrected chi connectivity index (χ1v) is 13.4. The van der Waals surface area contributed by atoms with Crippen LogP contribution in [0.15, 0.2) is 54.6 Å². The molecule has 1 heterocycles. The van der Waals surface area contributed by atoms with Gasteiger partial charge >= 0.3 is 5.97 Å². The second-order valence-corrected chi connectivity index (χ2v) is 11.1. The summed E-state index contributed by atoms with van der Waals surface area (Å²) < 4.78 is 12.0. The molecular formula is C33H39NO4. The molecule has 1 aliphatic heterocycles. The van der Waals surface area contributed by atoms with Crippen LogP contribution in [0.5, 0.6) is 0 Å². The molecule has 1 atom stereocenters. The topological polar surface area (TPSA) is 55.8 Å². The Labute approximate surface area is 226 Å². The van der Waals surface area contributed by atoms with E-state index >= 15 is 0 Å². The molecule has 1 aliphatic rings. The van der Waals surface area contributed by atoms with Crippen molar-refractivity contribution in [1.29, 1.82) is 0 Å². The zero-order chi connectivity index (χ0) is 27.6. The summed E-state index contributed by atoms with van der Waals surface area (Å²) >= 11 is 0. The van der Waals surface area contributed by atoms with Crippen LogP contribution in [0.4, 0.5) is 0 Å². The van der Waals surface area contributed by atoms with Crippen LogP contribution in [0.1, 0.15) is 72.7 Å². The Morgan fingerprint density at radius 2 is 1.61 bits per heavy atom. The molecule has 0 aliphatic carbocycles. The van der Waals surface area contributed by atoms with E-state index in [1.165, 1.54) is 0 Å². The molecule has 0 aromatic heterocycles. The second-order valence-electron chi connectivity index (χ2n) is 11.1. The lowest BCUT2D eigenvalue weighted by Crippen LogP contribution is -2.37. The van der Waals surface area contributed by atoms with Gasteiger partial charge in [-0.3, -0.25) is 4.79 Å². The number of esters is 1. The van der Waals surface area contributed by atoms with Gasteiger partial charge in [-0.05, 0) is 87.4 Å². The third-order valence-corrected chi connectivity index (χ3v) is 7.14. The number of amides is 1. The Morgan fingerprint density at radius 3 is 2.21 bits per heavy atom. The molecule has 3 aromatic carbocycles. The van der Waals surface area contributed by atoms with E-state index in [0.29, 0.717) is 19.5 Å². The minimum Gasteiger partial charge on any atom is -0.464 e. The van der Waals surface area contributed by atoms with Gasteiger partial charge < -0.3 is 14.4 Å². The summed E-state index contributed by atoms with van der Waals surface area (Å²) in [6.07, 6.45) is -0.562. The number of hydrogen-bond acceptors (Lipinski definition) is 4. The molecule has 0 bridgehead atoms. The first kappa shape index (κ1) is 27.6. The molecule has 0 saturated carbocycles. The summed E-state index contributed by atoms with van der Waals surface area (Å²) in [6.45, 7) is 15.1. The monoisotopic (exact) mass is 513 g/mol. The van der Waals surface area contributed by atoms with Crippen LogP contribution in [0, 0.1) is 20.8 Å². The number of benzene rings is 3. The molecule has 4 rings (SSSR count). The maximum atomic E-state index is 13.4. The number of carbonyl (C=O) groups is 2. The molecule has 0 spiro atoms. The van der Waals surface area contributed by atoms with Gasteiger partial charge in [0.2, 0.25) is 5.91 Å². The Morgan fingerprint density at radius 1 is 0.947 bits per heavy atom. The molecule has 200 valence electrons. The number of ether oxygens (including phenoxy) is 2. The number of fused-ring (bicyclic) bond motifs is 1. The molecule has 3 aromatic rings. The Hall–Kier alpha value is -3.44. The van der Waals surface area contributed by atoms with Gasteiger partial charge in [0.05, 0.1) is 18.6 Å². The van der Waals surface area contributed by atoms with Crippen LogP contribution in [0.25, 0.3) is 11.1 Å². The van der Waals surface area contributed by atoms with E-state index in [1.54, 1.807) is 0 Å². The molecule has 0 fully saturated rings. The molecular weight excluding hydrogens is 474 g/mol. The van der Waals surface area contributed by atoms with Crippen LogP contribution in [-0.4, -0.2) is 29.0 Å². The molecule has 0 N–H and O–H groups in total. The molecule has 0 saturated heterocycles. The van der Waals surface area contributed by atoms with E-state index in [4.69, 9.17) is 9.47 Å². The highest BCUT2D eigenvalue weighted by Crippen LogP contribution is 2.43. The SMILES string of the molecule is CCOC(=O)[C@@H](OC(C)(C)C)c1c(C)c2c(c(C)c1-c1ccc(C)cc1)CC(=O)N(Cc1ccccc1)C2. The van der Waals surface area contributed by atoms with Gasteiger partial charge in [-0.1, -0.05) is 60.2 Å². The lowest BCUT2D eigenvalue weighted by atomic mass is 9.80. The van der Waals surface area contributed by atoms with E-state index < -0.39 is 17.7 Å². The van der Waals surface area contributed by atoms with Gasteiger partial charge in [-0.25, -0.2) is 4.79 Å². The molecule has 38 heavy (non-hydrogen) atoms. The van der Waals surface area contributed by atoms with Crippen molar-refractivity contribution in [1.82, 2.24) is 4.90 Å². The minimum absolute atomic E-state index is 0.111. The summed E-state index contributed by atoms with van der Waals surface area (Å²) in [5.41, 5.74) is 8.59. The lowest BCUT2D eigenvalue weighted by molar-refractivity contribution is -0.166. The van der Waals surface area contributed by atoms with Crippen molar-refractivity contribution >= 4 is 11.9 Å². The average molecular weight is 514 g/mol. The van der Waals surface area contributed by atoms with E-state index in [9.17, 15) is 9.59 Å². The van der Waals surface area contributed by atoms with Crippen LogP contribution in [0.3, 0.4) is 0 Å². The average Bonchev–Trinajstić information content (AvgIpc) is 2.86.